The van der Waals surface area contributed by atoms with E-state index in [9.17, 15) is 0 Å². The van der Waals surface area contributed by atoms with Crippen LogP contribution >= 0.6 is 0 Å². The molecular formula is C95H59N7. The molecule has 102 heavy (non-hydrogen) atoms. The lowest BCUT2D eigenvalue weighted by molar-refractivity contribution is 1.01. The first kappa shape index (κ1) is 58.4. The van der Waals surface area contributed by atoms with Crippen molar-refractivity contribution in [2.45, 2.75) is 0 Å². The van der Waals surface area contributed by atoms with Crippen LogP contribution in [0.2, 0.25) is 0 Å². The molecule has 2 heterocycles. The number of fused-ring (bicyclic) bond motifs is 8. The van der Waals surface area contributed by atoms with E-state index in [4.69, 9.17) is 9.97 Å². The van der Waals surface area contributed by atoms with Gasteiger partial charge in [0.15, 0.2) is 5.82 Å². The van der Waals surface area contributed by atoms with Crippen molar-refractivity contribution in [2.75, 3.05) is 9.80 Å². The first-order valence-electron chi connectivity index (χ1n) is 34.6. The summed E-state index contributed by atoms with van der Waals surface area (Å²) >= 11 is 0. The van der Waals surface area contributed by atoms with Gasteiger partial charge in [0, 0.05) is 28.3 Å². The highest BCUT2D eigenvalue weighted by molar-refractivity contribution is 6.31. The Labute approximate surface area is 590 Å². The predicted molar refractivity (Wildman–Crippen MR) is 422 cm³/mol. The van der Waals surface area contributed by atoms with Gasteiger partial charge in [0.05, 0.1) is 18.1 Å². The van der Waals surface area contributed by atoms with Gasteiger partial charge >= 0.3 is 0 Å². The molecule has 7 nitrogen and oxygen atoms in total. The van der Waals surface area contributed by atoms with Gasteiger partial charge in [0.2, 0.25) is 5.95 Å². The van der Waals surface area contributed by atoms with E-state index in [0.717, 1.165) is 72.6 Å². The van der Waals surface area contributed by atoms with Crippen molar-refractivity contribution in [2.24, 2.45) is 0 Å². The van der Waals surface area contributed by atoms with E-state index in [2.05, 4.69) is 340 Å². The zero-order valence-corrected chi connectivity index (χ0v) is 55.2. The van der Waals surface area contributed by atoms with Crippen LogP contribution in [0.5, 0.6) is 0 Å². The lowest BCUT2D eigenvalue weighted by atomic mass is 9.82. The van der Waals surface area contributed by atoms with Gasteiger partial charge in [-0.3, -0.25) is 4.90 Å². The summed E-state index contributed by atoms with van der Waals surface area (Å²) in [6.07, 6.45) is 7.05. The Kier molecular flexibility index (Phi) is 13.8. The van der Waals surface area contributed by atoms with Crippen molar-refractivity contribution < 1.29 is 0 Å². The second-order valence-corrected chi connectivity index (χ2v) is 26.2. The fourth-order valence-corrected chi connectivity index (χ4v) is 16.5. The maximum atomic E-state index is 5.32. The van der Waals surface area contributed by atoms with Crippen molar-refractivity contribution in [1.82, 2.24) is 24.9 Å². The number of anilines is 6. The first-order chi connectivity index (χ1) is 50.7. The van der Waals surface area contributed by atoms with E-state index < -0.39 is 0 Å². The molecule has 0 radical (unpaired) electrons. The molecule has 474 valence electrons. The van der Waals surface area contributed by atoms with Crippen LogP contribution < -0.4 is 9.80 Å². The Morgan fingerprint density at radius 2 is 0.539 bits per heavy atom. The standard InChI is InChI=1S/C95H59N7/c1-7-25-60(26-8-1)84-76-41-19-20-42-77(76)85(61-27-9-2-10-28-61)92-81-51-49-72(74-43-23-45-79(88(74)81)90(84)92)64-33-21-39-69(53-64)101(67-35-15-5-16-36-67)71-56-97-94(98-57-71)66-47-48-78-83(55-66)87(63-31-13-4-14-32-63)91-80-46-24-44-75-73(50-52-82(89(75)80)93(91)86(78)62-29-11-3-12-30-62)65-34-22-40-70(54-65)102(68-37-17-6-18-38-68)95-99-58-96-59-100-95/h1-59H. The molecule has 18 aromatic rings. The third-order valence-corrected chi connectivity index (χ3v) is 20.6. The van der Waals surface area contributed by atoms with E-state index in [1.165, 1.54) is 116 Å². The molecular weight excluding hydrogens is 1240 g/mol. The van der Waals surface area contributed by atoms with E-state index in [1.807, 2.05) is 30.6 Å². The van der Waals surface area contributed by atoms with E-state index in [0.29, 0.717) is 11.8 Å². The summed E-state index contributed by atoms with van der Waals surface area (Å²) in [5.41, 5.74) is 29.7. The number of aromatic nitrogens is 5. The van der Waals surface area contributed by atoms with Crippen LogP contribution in [0.3, 0.4) is 0 Å². The molecule has 16 aromatic carbocycles. The fraction of sp³-hybridized carbons (Fsp3) is 0. The first-order valence-corrected chi connectivity index (χ1v) is 34.6. The van der Waals surface area contributed by atoms with Crippen molar-refractivity contribution in [3.05, 3.63) is 359 Å². The quantitative estimate of drug-likeness (QED) is 0.114. The zero-order valence-electron chi connectivity index (χ0n) is 55.2. The topological polar surface area (TPSA) is 70.9 Å². The van der Waals surface area contributed by atoms with Crippen LogP contribution in [0.25, 0.3) is 166 Å². The van der Waals surface area contributed by atoms with Crippen LogP contribution in [0.4, 0.5) is 34.4 Å². The van der Waals surface area contributed by atoms with Crippen molar-refractivity contribution in [3.63, 3.8) is 0 Å². The third-order valence-electron chi connectivity index (χ3n) is 20.6. The van der Waals surface area contributed by atoms with E-state index in [-0.39, 0.29) is 0 Å². The Morgan fingerprint density at radius 3 is 1.00 bits per heavy atom. The number of hydrogen-bond acceptors (Lipinski definition) is 7. The Bertz CT molecular complexity index is 6200. The molecule has 0 spiro atoms. The van der Waals surface area contributed by atoms with E-state index in [1.54, 1.807) is 12.7 Å². The number of nitrogens with zero attached hydrogens (tertiary/aromatic N) is 7. The van der Waals surface area contributed by atoms with Gasteiger partial charge in [0.1, 0.15) is 12.7 Å². The van der Waals surface area contributed by atoms with E-state index >= 15 is 0 Å². The molecule has 0 fully saturated rings. The van der Waals surface area contributed by atoms with Crippen molar-refractivity contribution >= 4 is 77.5 Å². The van der Waals surface area contributed by atoms with Gasteiger partial charge in [-0.2, -0.15) is 0 Å². The maximum absolute atomic E-state index is 5.32. The second kappa shape index (κ2) is 24.1. The Morgan fingerprint density at radius 1 is 0.196 bits per heavy atom. The van der Waals surface area contributed by atoms with Crippen LogP contribution in [0.15, 0.2) is 359 Å². The number of hydrogen-bond donors (Lipinski definition) is 0. The smallest absolute Gasteiger partial charge is 0.237 e. The summed E-state index contributed by atoms with van der Waals surface area (Å²) in [4.78, 5) is 28.4. The molecule has 0 amide bonds. The van der Waals surface area contributed by atoms with Crippen molar-refractivity contribution in [3.8, 4) is 123 Å². The number of rotatable bonds is 13. The summed E-state index contributed by atoms with van der Waals surface area (Å²) in [7, 11) is 0. The minimum absolute atomic E-state index is 0.542. The lowest BCUT2D eigenvalue weighted by Gasteiger charge is -2.25. The zero-order chi connectivity index (χ0) is 67.2. The highest BCUT2D eigenvalue weighted by Gasteiger charge is 2.34. The van der Waals surface area contributed by atoms with Gasteiger partial charge in [-0.1, -0.05) is 279 Å². The average Bonchev–Trinajstić information content (AvgIpc) is 1.53. The highest BCUT2D eigenvalue weighted by atomic mass is 15.3. The summed E-state index contributed by atoms with van der Waals surface area (Å²) in [5.74, 6) is 1.18. The molecule has 20 rings (SSSR count). The summed E-state index contributed by atoms with van der Waals surface area (Å²) in [6, 6.07) is 121. The number of benzene rings is 16. The van der Waals surface area contributed by atoms with Gasteiger partial charge in [-0.25, -0.2) is 24.9 Å². The monoisotopic (exact) mass is 1300 g/mol. The molecule has 0 atom stereocenters. The van der Waals surface area contributed by atoms with Crippen molar-refractivity contribution in [1.29, 1.82) is 0 Å². The average molecular weight is 1300 g/mol. The molecule has 0 bridgehead atoms. The Balaban J connectivity index is 0.708. The number of para-hydroxylation sites is 2. The molecule has 2 aliphatic rings. The molecule has 0 N–H and O–H groups in total. The second-order valence-electron chi connectivity index (χ2n) is 26.2. The summed E-state index contributed by atoms with van der Waals surface area (Å²) < 4.78 is 0. The van der Waals surface area contributed by atoms with Crippen LogP contribution in [0.1, 0.15) is 0 Å². The van der Waals surface area contributed by atoms with Gasteiger partial charge in [-0.05, 0) is 209 Å². The molecule has 0 unspecified atom stereocenters. The van der Waals surface area contributed by atoms with Crippen LogP contribution in [-0.4, -0.2) is 24.9 Å². The minimum Gasteiger partial charge on any atom is -0.308 e. The summed E-state index contributed by atoms with van der Waals surface area (Å²) in [5, 5.41) is 9.66. The van der Waals surface area contributed by atoms with Crippen LogP contribution in [-0.2, 0) is 0 Å². The maximum Gasteiger partial charge on any atom is 0.237 e. The van der Waals surface area contributed by atoms with Gasteiger partial charge < -0.3 is 4.90 Å². The molecule has 0 saturated heterocycles. The highest BCUT2D eigenvalue weighted by Crippen LogP contribution is 2.61. The van der Waals surface area contributed by atoms with Gasteiger partial charge in [-0.15, -0.1) is 0 Å². The molecule has 0 aliphatic heterocycles. The SMILES string of the molecule is c1ccc(-c2c3c(c(-c4ccccc4)c4ccccc24)-c2ccc(-c4cccc(N(c5ccccc5)c5cnc(-c6ccc7c(-c8ccccc8)c8c(c(-c9ccccc9)c7c6)-c6cccc7c(-c9cccc(N(c%10ccccc%10)c%10ncncn%10)c9)ccc-8c67)nc5)c4)c4cccc-3c24)cc1. The van der Waals surface area contributed by atoms with Crippen LogP contribution in [0, 0.1) is 0 Å². The fourth-order valence-electron chi connectivity index (χ4n) is 16.5. The molecule has 7 heteroatoms. The van der Waals surface area contributed by atoms with Gasteiger partial charge in [0.25, 0.3) is 0 Å². The largest absolute Gasteiger partial charge is 0.308 e. The predicted octanol–water partition coefficient (Wildman–Crippen LogP) is 25.2. The molecule has 2 aromatic heterocycles. The Hall–Kier alpha value is -13.8. The molecule has 2 aliphatic carbocycles. The summed E-state index contributed by atoms with van der Waals surface area (Å²) in [6.45, 7) is 0. The molecule has 0 saturated carbocycles. The minimum atomic E-state index is 0.542. The third kappa shape index (κ3) is 9.40. The normalized spacial score (nSPS) is 11.7. The lowest BCUT2D eigenvalue weighted by Crippen LogP contribution is -2.13.